The predicted molar refractivity (Wildman–Crippen MR) is 144 cm³/mol. The highest BCUT2D eigenvalue weighted by Gasteiger charge is 2.65. The molecule has 0 amide bonds. The first-order valence-corrected chi connectivity index (χ1v) is 15.4. The van der Waals surface area contributed by atoms with Crippen LogP contribution >= 0.6 is 0 Å². The molecule has 1 aliphatic heterocycles. The van der Waals surface area contributed by atoms with E-state index in [9.17, 15) is 17.2 Å². The number of nitrogens with zero attached hydrogens (tertiary/aromatic N) is 6. The molecule has 1 saturated heterocycles. The molecule has 3 aromatic rings. The van der Waals surface area contributed by atoms with Crippen molar-refractivity contribution in [3.63, 3.8) is 0 Å². The van der Waals surface area contributed by atoms with E-state index in [2.05, 4.69) is 38.8 Å². The smallest absolute Gasteiger partial charge is 0.225 e. The molecular formula is C28H32F2N6O2S. The minimum absolute atomic E-state index is 0.151. The Hall–Kier alpha value is -3.05. The summed E-state index contributed by atoms with van der Waals surface area (Å²) < 4.78 is 52.2. The van der Waals surface area contributed by atoms with Crippen molar-refractivity contribution >= 4 is 15.8 Å². The van der Waals surface area contributed by atoms with Crippen LogP contribution in [-0.2, 0) is 15.3 Å². The monoisotopic (exact) mass is 554 g/mol. The number of benzene rings is 1. The molecule has 1 aromatic carbocycles. The summed E-state index contributed by atoms with van der Waals surface area (Å²) in [5.41, 5.74) is 2.05. The van der Waals surface area contributed by atoms with Gasteiger partial charge in [-0.05, 0) is 54.0 Å². The van der Waals surface area contributed by atoms with Gasteiger partial charge >= 0.3 is 0 Å². The van der Waals surface area contributed by atoms with Gasteiger partial charge in [-0.25, -0.2) is 27.2 Å². The number of hydrogen-bond acceptors (Lipinski definition) is 8. The van der Waals surface area contributed by atoms with Crippen LogP contribution in [0.5, 0.6) is 0 Å². The molecule has 2 bridgehead atoms. The fourth-order valence-electron chi connectivity index (χ4n) is 6.96. The first kappa shape index (κ1) is 26.2. The SMILES string of the molecule is CC1(C)[C@H]2CC[C@]1(c1ccnc(N3CCN(CCS(C)(=O)=O)CC3)n1)c1nnc(-c3c(F)cccc3F)cc12. The van der Waals surface area contributed by atoms with Crippen molar-refractivity contribution in [3.8, 4) is 11.3 Å². The quantitative estimate of drug-likeness (QED) is 0.457. The largest absolute Gasteiger partial charge is 0.338 e. The molecular weight excluding hydrogens is 522 g/mol. The second kappa shape index (κ2) is 9.26. The Morgan fingerprint density at radius 1 is 1.05 bits per heavy atom. The predicted octanol–water partition coefficient (Wildman–Crippen LogP) is 3.58. The van der Waals surface area contributed by atoms with E-state index in [1.165, 1.54) is 24.5 Å². The minimum atomic E-state index is -3.00. The summed E-state index contributed by atoms with van der Waals surface area (Å²) in [7, 11) is -3.00. The second-order valence-corrected chi connectivity index (χ2v) is 13.8. The van der Waals surface area contributed by atoms with Crippen LogP contribution in [0, 0.1) is 17.0 Å². The van der Waals surface area contributed by atoms with Crippen LogP contribution in [0.4, 0.5) is 14.7 Å². The second-order valence-electron chi connectivity index (χ2n) is 11.5. The lowest BCUT2D eigenvalue weighted by Crippen LogP contribution is -2.48. The molecule has 11 heteroatoms. The molecule has 8 nitrogen and oxygen atoms in total. The number of rotatable bonds is 6. The average molecular weight is 555 g/mol. The van der Waals surface area contributed by atoms with E-state index in [0.29, 0.717) is 25.6 Å². The molecule has 0 unspecified atom stereocenters. The van der Waals surface area contributed by atoms with E-state index in [4.69, 9.17) is 4.98 Å². The van der Waals surface area contributed by atoms with E-state index in [1.54, 1.807) is 6.20 Å². The van der Waals surface area contributed by atoms with Crippen molar-refractivity contribution in [2.45, 2.75) is 38.0 Å². The maximum atomic E-state index is 14.5. The Morgan fingerprint density at radius 2 is 1.77 bits per heavy atom. The van der Waals surface area contributed by atoms with Gasteiger partial charge in [0.25, 0.3) is 0 Å². The maximum absolute atomic E-state index is 14.5. The average Bonchev–Trinajstić information content (AvgIpc) is 3.28. The topological polar surface area (TPSA) is 92.2 Å². The van der Waals surface area contributed by atoms with Crippen molar-refractivity contribution in [1.29, 1.82) is 0 Å². The van der Waals surface area contributed by atoms with Gasteiger partial charge in [-0.15, -0.1) is 5.10 Å². The highest BCUT2D eigenvalue weighted by Crippen LogP contribution is 2.69. The molecule has 39 heavy (non-hydrogen) atoms. The summed E-state index contributed by atoms with van der Waals surface area (Å²) in [5, 5.41) is 8.94. The van der Waals surface area contributed by atoms with Gasteiger partial charge in [0.05, 0.1) is 33.8 Å². The van der Waals surface area contributed by atoms with Gasteiger partial charge in [0.1, 0.15) is 21.5 Å². The normalized spacial score (nSPS) is 24.2. The summed E-state index contributed by atoms with van der Waals surface area (Å²) in [6, 6.07) is 7.58. The number of hydrogen-bond donors (Lipinski definition) is 0. The van der Waals surface area contributed by atoms with Crippen LogP contribution in [0.3, 0.4) is 0 Å². The van der Waals surface area contributed by atoms with Gasteiger partial charge in [-0.1, -0.05) is 19.9 Å². The molecule has 0 radical (unpaired) electrons. The van der Waals surface area contributed by atoms with Gasteiger partial charge in [0.2, 0.25) is 5.95 Å². The number of piperazine rings is 1. The molecule has 0 N–H and O–H groups in total. The van der Waals surface area contributed by atoms with Crippen molar-refractivity contribution in [2.75, 3.05) is 49.6 Å². The van der Waals surface area contributed by atoms with Crippen molar-refractivity contribution in [1.82, 2.24) is 25.1 Å². The molecule has 2 aromatic heterocycles. The Morgan fingerprint density at radius 3 is 2.46 bits per heavy atom. The van der Waals surface area contributed by atoms with E-state index < -0.39 is 26.9 Å². The van der Waals surface area contributed by atoms with Crippen LogP contribution in [-0.4, -0.2) is 78.2 Å². The third-order valence-electron chi connectivity index (χ3n) is 9.11. The van der Waals surface area contributed by atoms with Gasteiger partial charge in [0.15, 0.2) is 0 Å². The van der Waals surface area contributed by atoms with Crippen molar-refractivity contribution in [2.24, 2.45) is 5.41 Å². The Labute approximate surface area is 227 Å². The number of fused-ring (bicyclic) bond motifs is 5. The van der Waals surface area contributed by atoms with Crippen molar-refractivity contribution < 1.29 is 17.2 Å². The molecule has 2 fully saturated rings. The lowest BCUT2D eigenvalue weighted by atomic mass is 9.66. The molecule has 0 spiro atoms. The van der Waals surface area contributed by atoms with E-state index in [-0.39, 0.29) is 28.3 Å². The summed E-state index contributed by atoms with van der Waals surface area (Å²) >= 11 is 0. The molecule has 206 valence electrons. The highest BCUT2D eigenvalue weighted by atomic mass is 32.2. The van der Waals surface area contributed by atoms with Crippen LogP contribution in [0.1, 0.15) is 49.6 Å². The van der Waals surface area contributed by atoms with Crippen LogP contribution in [0.2, 0.25) is 0 Å². The molecule has 3 aliphatic rings. The number of halogens is 2. The van der Waals surface area contributed by atoms with E-state index in [1.807, 2.05) is 12.1 Å². The molecule has 2 aliphatic carbocycles. The van der Waals surface area contributed by atoms with Gasteiger partial charge in [-0.3, -0.25) is 4.90 Å². The zero-order valence-electron chi connectivity index (χ0n) is 22.4. The van der Waals surface area contributed by atoms with Gasteiger partial charge < -0.3 is 4.90 Å². The number of aromatic nitrogens is 4. The van der Waals surface area contributed by atoms with Crippen LogP contribution in [0.25, 0.3) is 11.3 Å². The third-order valence-corrected chi connectivity index (χ3v) is 10.0. The Kier molecular flexibility index (Phi) is 6.22. The zero-order chi connectivity index (χ0) is 27.6. The van der Waals surface area contributed by atoms with E-state index >= 15 is 0 Å². The minimum Gasteiger partial charge on any atom is -0.338 e. The molecule has 6 rings (SSSR count). The summed E-state index contributed by atoms with van der Waals surface area (Å²) in [6.45, 7) is 7.87. The lowest BCUT2D eigenvalue weighted by molar-refractivity contribution is 0.242. The van der Waals surface area contributed by atoms with E-state index in [0.717, 1.165) is 42.9 Å². The first-order chi connectivity index (χ1) is 18.5. The molecule has 2 atom stereocenters. The van der Waals surface area contributed by atoms with Gasteiger partial charge in [0, 0.05) is 45.2 Å². The summed E-state index contributed by atoms with van der Waals surface area (Å²) in [4.78, 5) is 14.0. The fourth-order valence-corrected chi connectivity index (χ4v) is 7.55. The first-order valence-electron chi connectivity index (χ1n) is 13.3. The standard InChI is InChI=1S/C28H32F2N6O2S/c1-27(2)19-7-9-28(27,25-18(19)17-22(33-34-25)24-20(29)5-4-6-21(24)30)23-8-10-31-26(32-23)36-13-11-35(12-14-36)15-16-39(3,37)38/h4-6,8,10,17,19H,7,9,11-16H2,1-3H3/t19-,28-/m0/s1. The molecule has 1 saturated carbocycles. The Balaban J connectivity index is 1.32. The van der Waals surface area contributed by atoms with Crippen LogP contribution in [0.15, 0.2) is 36.5 Å². The summed E-state index contributed by atoms with van der Waals surface area (Å²) in [6.07, 6.45) is 4.83. The number of sulfone groups is 1. The summed E-state index contributed by atoms with van der Waals surface area (Å²) in [5.74, 6) is -0.344. The van der Waals surface area contributed by atoms with Gasteiger partial charge in [-0.2, -0.15) is 5.10 Å². The highest BCUT2D eigenvalue weighted by molar-refractivity contribution is 7.90. The lowest BCUT2D eigenvalue weighted by Gasteiger charge is -2.38. The number of anilines is 1. The Bertz CT molecular complexity index is 1520. The molecule has 3 heterocycles. The van der Waals surface area contributed by atoms with Crippen molar-refractivity contribution in [3.05, 3.63) is 65.1 Å². The third kappa shape index (κ3) is 4.21. The maximum Gasteiger partial charge on any atom is 0.225 e. The fraction of sp³-hybridized carbons (Fsp3) is 0.500. The van der Waals surface area contributed by atoms with Crippen LogP contribution < -0.4 is 4.90 Å². The zero-order valence-corrected chi connectivity index (χ0v) is 23.2.